The predicted octanol–water partition coefficient (Wildman–Crippen LogP) is 2.95. The molecule has 1 heterocycles. The molecule has 0 radical (unpaired) electrons. The normalized spacial score (nSPS) is 11.8. The highest BCUT2D eigenvalue weighted by atomic mass is 14.7. The van der Waals surface area contributed by atoms with Crippen LogP contribution in [0.25, 0.3) is 6.08 Å². The molecule has 0 aromatic carbocycles. The highest BCUT2D eigenvalue weighted by molar-refractivity contribution is 5.51. The van der Waals surface area contributed by atoms with Gasteiger partial charge in [-0.2, -0.15) is 5.26 Å². The molecule has 0 aliphatic carbocycles. The summed E-state index contributed by atoms with van der Waals surface area (Å²) in [7, 11) is 0. The van der Waals surface area contributed by atoms with E-state index in [4.69, 9.17) is 5.26 Å². The first-order chi connectivity index (χ1) is 6.01. The van der Waals surface area contributed by atoms with Crippen molar-refractivity contribution in [3.8, 4) is 6.07 Å². The van der Waals surface area contributed by atoms with Crippen molar-refractivity contribution >= 4 is 6.08 Å². The number of allylic oxidation sites excluding steroid dienone is 1. The van der Waals surface area contributed by atoms with Crippen molar-refractivity contribution in [3.05, 3.63) is 29.6 Å². The topological polar surface area (TPSA) is 39.6 Å². The monoisotopic (exact) mass is 174 g/mol. The van der Waals surface area contributed by atoms with E-state index in [9.17, 15) is 0 Å². The standard InChI is InChI=1S/C11H14N2/c1-11(2,3)5-4-9-6-10(7-12)13-8-9/h4-6,8,13H,1-3H3/b5-4+. The Hall–Kier alpha value is -1.49. The van der Waals surface area contributed by atoms with Crippen LogP contribution in [0.2, 0.25) is 0 Å². The maximum atomic E-state index is 8.57. The second kappa shape index (κ2) is 3.49. The molecule has 0 saturated heterocycles. The summed E-state index contributed by atoms with van der Waals surface area (Å²) in [4.78, 5) is 2.88. The summed E-state index contributed by atoms with van der Waals surface area (Å²) < 4.78 is 0. The van der Waals surface area contributed by atoms with Gasteiger partial charge in [0.2, 0.25) is 0 Å². The van der Waals surface area contributed by atoms with Gasteiger partial charge >= 0.3 is 0 Å². The van der Waals surface area contributed by atoms with Crippen LogP contribution in [0, 0.1) is 16.7 Å². The van der Waals surface area contributed by atoms with Crippen molar-refractivity contribution in [2.75, 3.05) is 0 Å². The van der Waals surface area contributed by atoms with Gasteiger partial charge in [-0.05, 0) is 17.0 Å². The van der Waals surface area contributed by atoms with E-state index in [-0.39, 0.29) is 5.41 Å². The molecule has 0 aliphatic heterocycles. The molecule has 0 aliphatic rings. The van der Waals surface area contributed by atoms with Crippen molar-refractivity contribution in [2.24, 2.45) is 5.41 Å². The van der Waals surface area contributed by atoms with Crippen LogP contribution in [0.15, 0.2) is 18.3 Å². The Labute approximate surface area is 78.9 Å². The van der Waals surface area contributed by atoms with Gasteiger partial charge in [0.05, 0.1) is 0 Å². The molecule has 1 rings (SSSR count). The first-order valence-electron chi connectivity index (χ1n) is 4.29. The average molecular weight is 174 g/mol. The van der Waals surface area contributed by atoms with E-state index in [2.05, 4.69) is 37.9 Å². The largest absolute Gasteiger partial charge is 0.353 e. The maximum Gasteiger partial charge on any atom is 0.118 e. The van der Waals surface area contributed by atoms with E-state index in [1.807, 2.05) is 18.3 Å². The predicted molar refractivity (Wildman–Crippen MR) is 54.0 cm³/mol. The lowest BCUT2D eigenvalue weighted by Gasteiger charge is -2.10. The van der Waals surface area contributed by atoms with Crippen molar-refractivity contribution in [1.82, 2.24) is 4.98 Å². The molecule has 0 saturated carbocycles. The second-order valence-corrected chi connectivity index (χ2v) is 4.16. The van der Waals surface area contributed by atoms with Gasteiger partial charge in [-0.25, -0.2) is 0 Å². The van der Waals surface area contributed by atoms with Crippen LogP contribution in [0.1, 0.15) is 32.0 Å². The van der Waals surface area contributed by atoms with Gasteiger partial charge in [0.25, 0.3) is 0 Å². The average Bonchev–Trinajstić information content (AvgIpc) is 2.47. The molecule has 0 fully saturated rings. The van der Waals surface area contributed by atoms with Crippen LogP contribution in [-0.2, 0) is 0 Å². The van der Waals surface area contributed by atoms with Gasteiger partial charge in [-0.3, -0.25) is 0 Å². The molecule has 0 unspecified atom stereocenters. The lowest BCUT2D eigenvalue weighted by Crippen LogP contribution is -1.97. The number of nitrogens with zero attached hydrogens (tertiary/aromatic N) is 1. The minimum atomic E-state index is 0.185. The first kappa shape index (κ1) is 9.60. The van der Waals surface area contributed by atoms with Gasteiger partial charge in [-0.15, -0.1) is 0 Å². The number of aromatic amines is 1. The zero-order valence-electron chi connectivity index (χ0n) is 8.26. The molecule has 0 spiro atoms. The quantitative estimate of drug-likeness (QED) is 0.698. The molecule has 0 atom stereocenters. The SMILES string of the molecule is CC(C)(C)/C=C/c1c[nH]c(C#N)c1. The second-order valence-electron chi connectivity index (χ2n) is 4.16. The fourth-order valence-electron chi connectivity index (χ4n) is 0.918. The summed E-state index contributed by atoms with van der Waals surface area (Å²) in [6.45, 7) is 6.42. The van der Waals surface area contributed by atoms with Gasteiger partial charge in [-0.1, -0.05) is 32.9 Å². The minimum Gasteiger partial charge on any atom is -0.353 e. The molecule has 2 nitrogen and oxygen atoms in total. The summed E-state index contributed by atoms with van der Waals surface area (Å²) >= 11 is 0. The Morgan fingerprint density at radius 1 is 1.46 bits per heavy atom. The fourth-order valence-corrected chi connectivity index (χ4v) is 0.918. The zero-order valence-corrected chi connectivity index (χ0v) is 8.26. The Morgan fingerprint density at radius 2 is 2.15 bits per heavy atom. The molecule has 1 N–H and O–H groups in total. The van der Waals surface area contributed by atoms with E-state index >= 15 is 0 Å². The van der Waals surface area contributed by atoms with Crippen LogP contribution in [0.4, 0.5) is 0 Å². The third-order valence-electron chi connectivity index (χ3n) is 1.60. The van der Waals surface area contributed by atoms with Crippen molar-refractivity contribution < 1.29 is 0 Å². The van der Waals surface area contributed by atoms with Gasteiger partial charge in [0, 0.05) is 6.20 Å². The van der Waals surface area contributed by atoms with Gasteiger partial charge < -0.3 is 4.98 Å². The summed E-state index contributed by atoms with van der Waals surface area (Å²) in [6, 6.07) is 3.89. The van der Waals surface area contributed by atoms with Crippen LogP contribution in [-0.4, -0.2) is 4.98 Å². The third kappa shape index (κ3) is 3.16. The maximum absolute atomic E-state index is 8.57. The van der Waals surface area contributed by atoms with Crippen LogP contribution in [0.5, 0.6) is 0 Å². The van der Waals surface area contributed by atoms with Crippen molar-refractivity contribution in [2.45, 2.75) is 20.8 Å². The van der Waals surface area contributed by atoms with E-state index < -0.39 is 0 Å². The van der Waals surface area contributed by atoms with E-state index in [1.54, 1.807) is 0 Å². The molecule has 13 heavy (non-hydrogen) atoms. The van der Waals surface area contributed by atoms with Crippen molar-refractivity contribution in [1.29, 1.82) is 5.26 Å². The molecular weight excluding hydrogens is 160 g/mol. The Balaban J connectivity index is 2.76. The van der Waals surface area contributed by atoms with E-state index in [1.165, 1.54) is 0 Å². The highest BCUT2D eigenvalue weighted by Crippen LogP contribution is 2.17. The molecule has 1 aromatic rings. The van der Waals surface area contributed by atoms with Crippen LogP contribution >= 0.6 is 0 Å². The Kier molecular flexibility index (Phi) is 2.57. The smallest absolute Gasteiger partial charge is 0.118 e. The minimum absolute atomic E-state index is 0.185. The fraction of sp³-hybridized carbons (Fsp3) is 0.364. The highest BCUT2D eigenvalue weighted by Gasteiger charge is 2.03. The van der Waals surface area contributed by atoms with Gasteiger partial charge in [0.1, 0.15) is 11.8 Å². The lowest BCUT2D eigenvalue weighted by molar-refractivity contribution is 0.547. The Morgan fingerprint density at radius 3 is 2.62 bits per heavy atom. The number of H-pyrrole nitrogens is 1. The molecule has 1 aromatic heterocycles. The summed E-state index contributed by atoms with van der Waals surface area (Å²) in [5.41, 5.74) is 1.84. The van der Waals surface area contributed by atoms with Crippen LogP contribution in [0.3, 0.4) is 0 Å². The summed E-state index contributed by atoms with van der Waals surface area (Å²) in [5.74, 6) is 0. The number of rotatable bonds is 1. The number of aromatic nitrogens is 1. The number of nitriles is 1. The molecule has 68 valence electrons. The molecular formula is C11H14N2. The molecule has 0 bridgehead atoms. The Bertz CT molecular complexity index is 345. The molecule has 2 heteroatoms. The summed E-state index contributed by atoms with van der Waals surface area (Å²) in [6.07, 6.45) is 5.98. The third-order valence-corrected chi connectivity index (χ3v) is 1.60. The van der Waals surface area contributed by atoms with Gasteiger partial charge in [0.15, 0.2) is 0 Å². The number of hydrogen-bond donors (Lipinski definition) is 1. The molecule has 0 amide bonds. The number of nitrogens with one attached hydrogen (secondary N) is 1. The lowest BCUT2D eigenvalue weighted by atomic mass is 9.96. The summed E-state index contributed by atoms with van der Waals surface area (Å²) in [5, 5.41) is 8.57. The first-order valence-corrected chi connectivity index (χ1v) is 4.29. The van der Waals surface area contributed by atoms with Crippen molar-refractivity contribution in [3.63, 3.8) is 0 Å². The van der Waals surface area contributed by atoms with Crippen LogP contribution < -0.4 is 0 Å². The zero-order chi connectivity index (χ0) is 9.90. The van der Waals surface area contributed by atoms with E-state index in [0.29, 0.717) is 5.69 Å². The van der Waals surface area contributed by atoms with E-state index in [0.717, 1.165) is 5.56 Å². The number of hydrogen-bond acceptors (Lipinski definition) is 1.